The zero-order valence-electron chi connectivity index (χ0n) is 36.4. The van der Waals surface area contributed by atoms with Gasteiger partial charge in [0, 0.05) is 24.6 Å². The Morgan fingerprint density at radius 3 is 1.70 bits per heavy atom. The van der Waals surface area contributed by atoms with Crippen LogP contribution in [0, 0.1) is 6.92 Å². The highest BCUT2D eigenvalue weighted by atomic mass is 31.3. The van der Waals surface area contributed by atoms with Crippen molar-refractivity contribution in [3.63, 3.8) is 0 Å². The van der Waals surface area contributed by atoms with Gasteiger partial charge >= 0.3 is 33.3 Å². The van der Waals surface area contributed by atoms with Crippen LogP contribution in [-0.4, -0.2) is 73.3 Å². The van der Waals surface area contributed by atoms with Crippen molar-refractivity contribution in [1.29, 1.82) is 0 Å². The van der Waals surface area contributed by atoms with E-state index < -0.39 is 51.9 Å². The highest BCUT2D eigenvalue weighted by Crippen LogP contribution is 2.57. The van der Waals surface area contributed by atoms with Gasteiger partial charge in [-0.3, -0.25) is 28.5 Å². The second kappa shape index (κ2) is 33.4. The number of esters is 2. The average molecular weight is 899 g/mol. The monoisotopic (exact) mass is 898 g/mol. The Kier molecular flexibility index (Phi) is 31.0. The van der Waals surface area contributed by atoms with Crippen LogP contribution in [-0.2, 0) is 41.8 Å². The van der Waals surface area contributed by atoms with E-state index in [9.17, 15) is 38.3 Å². The topological polar surface area (TPSA) is 250 Å². The highest BCUT2D eigenvalue weighted by Gasteiger charge is 2.35. The Bertz CT molecular complexity index is 1520. The average Bonchev–Trinajstić information content (AvgIpc) is 3.66. The Morgan fingerprint density at radius 1 is 0.767 bits per heavy atom. The standard InChI is InChI=1S/C31H60O5.C10H16N2O10P2/c1-3-5-7-9-11-13-15-17-19-21-23-25-30(33)35-28-29(27-32)36-31(34)26-24-22-20-18-16-14-12-10-8-6-4-2;1-6-4-12(10(14)11-9(6)13)8-3-2-7(21-8)5-20-24(18,19)22-23(15,16)17/h29,32H,3-28H2,1-2H3;4,7-8H,2-3,5H2,1H3,(H,18,19)(H,11,13,14)(H2,15,16,17)/t;7-,8+/m.0/s1. The molecule has 4 atom stereocenters. The first-order chi connectivity index (χ1) is 28.6. The molecule has 2 rings (SSSR count). The van der Waals surface area contributed by atoms with Crippen molar-refractivity contribution in [2.24, 2.45) is 0 Å². The minimum absolute atomic E-state index is 0.0582. The molecule has 1 aliphatic rings. The Labute approximate surface area is 356 Å². The number of nitrogens with one attached hydrogen (secondary N) is 1. The maximum absolute atomic E-state index is 12.0. The molecule has 0 amide bonds. The Morgan fingerprint density at radius 2 is 1.23 bits per heavy atom. The fraction of sp³-hybridized carbons (Fsp3) is 0.854. The smallest absolute Gasteiger partial charge is 0.462 e. The summed E-state index contributed by atoms with van der Waals surface area (Å²) >= 11 is 0. The molecule has 1 fully saturated rings. The van der Waals surface area contributed by atoms with Gasteiger partial charge in [-0.15, -0.1) is 0 Å². The first kappa shape index (κ1) is 55.8. The van der Waals surface area contributed by atoms with Gasteiger partial charge in [0.2, 0.25) is 0 Å². The van der Waals surface area contributed by atoms with Crippen LogP contribution < -0.4 is 11.2 Å². The molecule has 1 saturated heterocycles. The van der Waals surface area contributed by atoms with E-state index in [1.807, 2.05) is 0 Å². The summed E-state index contributed by atoms with van der Waals surface area (Å²) in [6, 6.07) is 0. The van der Waals surface area contributed by atoms with Crippen LogP contribution in [0.2, 0.25) is 0 Å². The van der Waals surface area contributed by atoms with E-state index in [0.29, 0.717) is 31.2 Å². The van der Waals surface area contributed by atoms with Gasteiger partial charge in [-0.25, -0.2) is 13.9 Å². The number of carbonyl (C=O) groups is 2. The molecule has 5 N–H and O–H groups in total. The summed E-state index contributed by atoms with van der Waals surface area (Å²) in [5.74, 6) is -0.586. The number of aliphatic hydroxyl groups is 1. The van der Waals surface area contributed by atoms with Crippen LogP contribution in [0.5, 0.6) is 0 Å². The molecule has 0 aromatic carbocycles. The maximum Gasteiger partial charge on any atom is 0.481 e. The number of carbonyl (C=O) groups excluding carboxylic acids is 2. The summed E-state index contributed by atoms with van der Waals surface area (Å²) in [5.41, 5.74) is -0.854. The molecule has 0 radical (unpaired) electrons. The van der Waals surface area contributed by atoms with Crippen LogP contribution in [0.25, 0.3) is 0 Å². The lowest BCUT2D eigenvalue weighted by atomic mass is 10.1. The first-order valence-corrected chi connectivity index (χ1v) is 25.3. The number of aliphatic hydroxyl groups excluding tert-OH is 1. The number of hydrogen-bond donors (Lipinski definition) is 5. The largest absolute Gasteiger partial charge is 0.481 e. The Balaban J connectivity index is 0.000000646. The lowest BCUT2D eigenvalue weighted by Crippen LogP contribution is -2.33. The number of rotatable bonds is 34. The molecule has 2 unspecified atom stereocenters. The minimum atomic E-state index is -5.18. The number of unbranched alkanes of at least 4 members (excludes halogenated alkanes) is 20. The number of aromatic amines is 1. The molecule has 0 aliphatic carbocycles. The van der Waals surface area contributed by atoms with Crippen LogP contribution in [0.3, 0.4) is 0 Å². The lowest BCUT2D eigenvalue weighted by molar-refractivity contribution is -0.161. The second-order valence-electron chi connectivity index (χ2n) is 15.7. The number of hydrogen-bond acceptors (Lipinski definition) is 12. The number of phosphoric acid groups is 2. The lowest BCUT2D eigenvalue weighted by Gasteiger charge is -2.17. The number of aromatic nitrogens is 2. The van der Waals surface area contributed by atoms with E-state index in [0.717, 1.165) is 38.5 Å². The van der Waals surface area contributed by atoms with Crippen LogP contribution in [0.1, 0.15) is 193 Å². The molecule has 1 aliphatic heterocycles. The van der Waals surface area contributed by atoms with Crippen molar-refractivity contribution in [2.45, 2.75) is 206 Å². The zero-order chi connectivity index (χ0) is 44.7. The summed E-state index contributed by atoms with van der Waals surface area (Å²) in [4.78, 5) is 75.4. The van der Waals surface area contributed by atoms with Crippen molar-refractivity contribution < 1.29 is 61.6 Å². The zero-order valence-corrected chi connectivity index (χ0v) is 38.2. The summed E-state index contributed by atoms with van der Waals surface area (Å²) in [6.45, 7) is 5.16. The van der Waals surface area contributed by atoms with Gasteiger partial charge in [-0.05, 0) is 32.6 Å². The molecule has 350 valence electrons. The summed E-state index contributed by atoms with van der Waals surface area (Å²) in [7, 11) is -10.1. The first-order valence-electron chi connectivity index (χ1n) is 22.3. The minimum Gasteiger partial charge on any atom is -0.462 e. The molecular weight excluding hydrogens is 822 g/mol. The third-order valence-corrected chi connectivity index (χ3v) is 12.2. The third kappa shape index (κ3) is 29.2. The number of aryl methyl sites for hydroxylation is 1. The quantitative estimate of drug-likeness (QED) is 0.0247. The van der Waals surface area contributed by atoms with E-state index in [1.165, 1.54) is 120 Å². The summed E-state index contributed by atoms with van der Waals surface area (Å²) in [5, 5.41) is 9.46. The second-order valence-corrected chi connectivity index (χ2v) is 18.5. The van der Waals surface area contributed by atoms with Crippen molar-refractivity contribution in [3.8, 4) is 0 Å². The normalized spacial score (nSPS) is 16.8. The van der Waals surface area contributed by atoms with Crippen molar-refractivity contribution in [3.05, 3.63) is 32.6 Å². The number of ether oxygens (including phenoxy) is 3. The highest BCUT2D eigenvalue weighted by molar-refractivity contribution is 7.60. The molecule has 0 bridgehead atoms. The number of phosphoric ester groups is 1. The predicted molar refractivity (Wildman–Crippen MR) is 228 cm³/mol. The molecule has 1 aromatic rings. The molecule has 2 heterocycles. The summed E-state index contributed by atoms with van der Waals surface area (Å²) in [6.07, 6.45) is 27.9. The molecule has 19 heteroatoms. The van der Waals surface area contributed by atoms with Crippen molar-refractivity contribution >= 4 is 27.6 Å². The fourth-order valence-electron chi connectivity index (χ4n) is 6.64. The molecular formula is C41H76N2O15P2. The van der Waals surface area contributed by atoms with Gasteiger partial charge in [0.1, 0.15) is 12.8 Å². The van der Waals surface area contributed by atoms with Gasteiger partial charge in [0.25, 0.3) is 5.56 Å². The molecule has 0 spiro atoms. The molecule has 1 aromatic heterocycles. The van der Waals surface area contributed by atoms with Gasteiger partial charge in [-0.1, -0.05) is 142 Å². The number of H-pyrrole nitrogens is 1. The van der Waals surface area contributed by atoms with E-state index in [2.05, 4.69) is 27.7 Å². The van der Waals surface area contributed by atoms with Crippen LogP contribution in [0.15, 0.2) is 15.8 Å². The van der Waals surface area contributed by atoms with E-state index in [1.54, 1.807) is 0 Å². The van der Waals surface area contributed by atoms with E-state index >= 15 is 0 Å². The molecule has 0 saturated carbocycles. The van der Waals surface area contributed by atoms with Crippen LogP contribution in [0.4, 0.5) is 0 Å². The Hall–Kier alpha value is -2.20. The summed E-state index contributed by atoms with van der Waals surface area (Å²) < 4.78 is 47.2. The van der Waals surface area contributed by atoms with E-state index in [-0.39, 0.29) is 25.2 Å². The van der Waals surface area contributed by atoms with Crippen LogP contribution >= 0.6 is 15.6 Å². The van der Waals surface area contributed by atoms with Crippen molar-refractivity contribution in [1.82, 2.24) is 9.55 Å². The van der Waals surface area contributed by atoms with Crippen molar-refractivity contribution in [2.75, 3.05) is 19.8 Å². The SMILES string of the molecule is CCCCCCCCCCCCCC(=O)OCC(CO)OC(=O)CCCCCCCCCCCCC.Cc1cn([C@H]2CC[C@@H](COP(=O)(O)OP(=O)(O)O)O2)c(=O)[nH]c1=O. The van der Waals surface area contributed by atoms with Gasteiger partial charge in [-0.2, -0.15) is 4.31 Å². The van der Waals surface area contributed by atoms with Gasteiger partial charge in [0.05, 0.1) is 19.3 Å². The van der Waals surface area contributed by atoms with Gasteiger partial charge in [0.15, 0.2) is 6.10 Å². The number of nitrogens with zero attached hydrogens (tertiary/aromatic N) is 1. The molecule has 17 nitrogen and oxygen atoms in total. The fourth-order valence-corrected chi connectivity index (χ4v) is 8.26. The molecule has 60 heavy (non-hydrogen) atoms. The van der Waals surface area contributed by atoms with Gasteiger partial charge < -0.3 is 34.0 Å². The third-order valence-electron chi connectivity index (χ3n) is 10.1. The van der Waals surface area contributed by atoms with E-state index in [4.69, 9.17) is 24.0 Å². The maximum atomic E-state index is 12.0. The predicted octanol–water partition coefficient (Wildman–Crippen LogP) is 8.58.